The minimum absolute atomic E-state index is 0.0493. The summed E-state index contributed by atoms with van der Waals surface area (Å²) in [7, 11) is 0. The first kappa shape index (κ1) is 32.8. The van der Waals surface area contributed by atoms with E-state index in [1.54, 1.807) is 71.9 Å². The number of Topliss-reactive ketones (excluding diaryl/α,β-unsaturated/α-hetero) is 1. The second kappa shape index (κ2) is 15.2. The lowest BCUT2D eigenvalue weighted by atomic mass is 9.74. The summed E-state index contributed by atoms with van der Waals surface area (Å²) < 4.78 is 5.80. The highest BCUT2D eigenvalue weighted by atomic mass is 35.5. The number of nitrogens with one attached hydrogen (secondary N) is 1. The Morgan fingerprint density at radius 2 is 1.55 bits per heavy atom. The molecule has 9 nitrogen and oxygen atoms in total. The number of fused-ring (bicyclic) bond motifs is 1. The fourth-order valence-electron chi connectivity index (χ4n) is 6.67. The van der Waals surface area contributed by atoms with E-state index in [9.17, 15) is 14.4 Å². The summed E-state index contributed by atoms with van der Waals surface area (Å²) in [6, 6.07) is 21.7. The first-order valence-electron chi connectivity index (χ1n) is 15.6. The minimum atomic E-state index is -0.913. The topological polar surface area (TPSA) is 111 Å². The minimum Gasteiger partial charge on any atom is -0.367 e. The lowest BCUT2D eigenvalue weighted by molar-refractivity contribution is -0.139. The molecule has 47 heavy (non-hydrogen) atoms. The largest absolute Gasteiger partial charge is 0.367 e. The van der Waals surface area contributed by atoms with Crippen molar-refractivity contribution in [2.45, 2.75) is 56.9 Å². The van der Waals surface area contributed by atoms with Crippen LogP contribution < -0.4 is 5.48 Å². The van der Waals surface area contributed by atoms with Crippen molar-refractivity contribution in [1.29, 1.82) is 0 Å². The molecule has 2 aromatic carbocycles. The molecule has 2 amide bonds. The van der Waals surface area contributed by atoms with Crippen LogP contribution >= 0.6 is 23.2 Å². The van der Waals surface area contributed by atoms with Gasteiger partial charge in [-0.1, -0.05) is 72.4 Å². The van der Waals surface area contributed by atoms with Gasteiger partial charge in [0.05, 0.1) is 30.0 Å². The SMILES string of the molecule is O=C(COCc1ccccn1)C1CCCCC1N1C(=O)c2ccccc2C(C(=O)NOCc2ccccn2)C1c1ccc(Cl)cc1Cl. The fraction of sp³-hybridized carbons (Fsp3) is 0.306. The van der Waals surface area contributed by atoms with Gasteiger partial charge < -0.3 is 9.64 Å². The van der Waals surface area contributed by atoms with Crippen molar-refractivity contribution in [1.82, 2.24) is 20.3 Å². The molecule has 4 atom stereocenters. The van der Waals surface area contributed by atoms with Gasteiger partial charge in [-0.2, -0.15) is 0 Å². The van der Waals surface area contributed by atoms with E-state index in [1.165, 1.54) is 0 Å². The van der Waals surface area contributed by atoms with Crippen molar-refractivity contribution in [3.8, 4) is 0 Å². The van der Waals surface area contributed by atoms with Crippen LogP contribution in [0.15, 0.2) is 91.3 Å². The number of hydrogen-bond donors (Lipinski definition) is 1. The molecule has 242 valence electrons. The summed E-state index contributed by atoms with van der Waals surface area (Å²) in [6.07, 6.45) is 6.15. The molecule has 2 aromatic heterocycles. The second-order valence-corrected chi connectivity index (χ2v) is 12.5. The summed E-state index contributed by atoms with van der Waals surface area (Å²) in [5.41, 5.74) is 5.45. The number of rotatable bonds is 11. The number of aromatic nitrogens is 2. The Balaban J connectivity index is 1.35. The summed E-state index contributed by atoms with van der Waals surface area (Å²) in [4.78, 5) is 58.4. The highest BCUT2D eigenvalue weighted by molar-refractivity contribution is 6.35. The van der Waals surface area contributed by atoms with Crippen LogP contribution in [0.1, 0.15) is 70.5 Å². The van der Waals surface area contributed by atoms with Gasteiger partial charge in [-0.25, -0.2) is 5.48 Å². The molecule has 6 rings (SSSR count). The van der Waals surface area contributed by atoms with Crippen molar-refractivity contribution in [3.63, 3.8) is 0 Å². The van der Waals surface area contributed by atoms with Crippen LogP contribution in [-0.4, -0.2) is 45.1 Å². The molecule has 0 radical (unpaired) electrons. The van der Waals surface area contributed by atoms with E-state index in [1.807, 2.05) is 24.3 Å². The molecule has 1 N–H and O–H groups in total. The van der Waals surface area contributed by atoms with E-state index >= 15 is 0 Å². The Labute approximate surface area is 283 Å². The Morgan fingerprint density at radius 1 is 0.851 bits per heavy atom. The van der Waals surface area contributed by atoms with E-state index in [4.69, 9.17) is 32.8 Å². The molecule has 4 aromatic rings. The van der Waals surface area contributed by atoms with E-state index in [0.29, 0.717) is 45.3 Å². The van der Waals surface area contributed by atoms with Crippen LogP contribution in [-0.2, 0) is 32.4 Å². The molecule has 4 unspecified atom stereocenters. The third kappa shape index (κ3) is 7.39. The van der Waals surface area contributed by atoms with Crippen molar-refractivity contribution in [3.05, 3.63) is 129 Å². The molecule has 0 saturated heterocycles. The van der Waals surface area contributed by atoms with Crippen molar-refractivity contribution < 1.29 is 24.0 Å². The van der Waals surface area contributed by atoms with Gasteiger partial charge in [-0.05, 0) is 66.4 Å². The van der Waals surface area contributed by atoms with Crippen molar-refractivity contribution in [2.75, 3.05) is 6.61 Å². The normalized spacial score (nSPS) is 20.8. The number of ether oxygens (including phenoxy) is 1. The van der Waals surface area contributed by atoms with Gasteiger partial charge in [0.1, 0.15) is 13.2 Å². The Kier molecular flexibility index (Phi) is 10.6. The van der Waals surface area contributed by atoms with E-state index in [-0.39, 0.29) is 31.5 Å². The Bertz CT molecular complexity index is 1730. The number of halogens is 2. The maximum atomic E-state index is 14.5. The molecule has 1 aliphatic carbocycles. The number of carbonyl (C=O) groups excluding carboxylic acids is 3. The number of amides is 2. The van der Waals surface area contributed by atoms with Crippen LogP contribution in [0.2, 0.25) is 10.0 Å². The quantitative estimate of drug-likeness (QED) is 0.178. The molecule has 1 fully saturated rings. The zero-order chi connectivity index (χ0) is 32.8. The number of nitrogens with zero attached hydrogens (tertiary/aromatic N) is 3. The molecule has 0 bridgehead atoms. The van der Waals surface area contributed by atoms with E-state index in [0.717, 1.165) is 18.5 Å². The third-order valence-corrected chi connectivity index (χ3v) is 9.34. The summed E-state index contributed by atoms with van der Waals surface area (Å²) in [5.74, 6) is -2.24. The predicted octanol–water partition coefficient (Wildman–Crippen LogP) is 6.66. The summed E-state index contributed by atoms with van der Waals surface area (Å²) in [6.45, 7) is 0.130. The highest BCUT2D eigenvalue weighted by Gasteiger charge is 2.50. The third-order valence-electron chi connectivity index (χ3n) is 8.78. The lowest BCUT2D eigenvalue weighted by Crippen LogP contribution is -2.55. The predicted molar refractivity (Wildman–Crippen MR) is 176 cm³/mol. The Hall–Kier alpha value is -4.15. The van der Waals surface area contributed by atoms with E-state index < -0.39 is 29.8 Å². The zero-order valence-electron chi connectivity index (χ0n) is 25.6. The monoisotopic (exact) mass is 672 g/mol. The first-order chi connectivity index (χ1) is 22.9. The summed E-state index contributed by atoms with van der Waals surface area (Å²) >= 11 is 13.1. The number of hydrogen-bond acceptors (Lipinski definition) is 7. The van der Waals surface area contributed by atoms with Gasteiger partial charge in [0.25, 0.3) is 11.8 Å². The zero-order valence-corrected chi connectivity index (χ0v) is 27.1. The number of carbonyl (C=O) groups is 3. The molecule has 1 saturated carbocycles. The standard InChI is InChI=1S/C36H34Cl2N4O5/c37-23-15-16-28(30(38)19-23)34-33(35(44)41-47-21-25-10-6-8-18-40-25)26-11-1-2-12-27(26)36(45)42(34)31-14-4-3-13-29(31)32(43)22-46-20-24-9-5-7-17-39-24/h1-2,5-12,15-19,29,31,33-34H,3-4,13-14,20-22H2,(H,41,44). The highest BCUT2D eigenvalue weighted by Crippen LogP contribution is 2.48. The second-order valence-electron chi connectivity index (χ2n) is 11.7. The smallest absolute Gasteiger partial charge is 0.254 e. The molecule has 11 heteroatoms. The van der Waals surface area contributed by atoms with Gasteiger partial charge >= 0.3 is 0 Å². The molecule has 1 aliphatic heterocycles. The van der Waals surface area contributed by atoms with Gasteiger partial charge in [0.2, 0.25) is 0 Å². The van der Waals surface area contributed by atoms with Crippen LogP contribution in [0.25, 0.3) is 0 Å². The van der Waals surface area contributed by atoms with Gasteiger partial charge in [0.15, 0.2) is 5.78 Å². The average Bonchev–Trinajstić information content (AvgIpc) is 3.09. The van der Waals surface area contributed by atoms with E-state index in [2.05, 4.69) is 15.4 Å². The van der Waals surface area contributed by atoms with Crippen LogP contribution in [0, 0.1) is 5.92 Å². The maximum Gasteiger partial charge on any atom is 0.254 e. The van der Waals surface area contributed by atoms with Gasteiger partial charge in [-0.3, -0.25) is 29.2 Å². The molecule has 3 heterocycles. The van der Waals surface area contributed by atoms with Gasteiger partial charge in [0, 0.05) is 40.0 Å². The number of benzene rings is 2. The molecule has 2 aliphatic rings. The van der Waals surface area contributed by atoms with Crippen LogP contribution in [0.5, 0.6) is 0 Å². The summed E-state index contributed by atoms with van der Waals surface area (Å²) in [5, 5.41) is 0.729. The molecular weight excluding hydrogens is 639 g/mol. The van der Waals surface area contributed by atoms with Crippen molar-refractivity contribution >= 4 is 40.8 Å². The molecule has 0 spiro atoms. The lowest BCUT2D eigenvalue weighted by Gasteiger charge is -2.48. The Morgan fingerprint density at radius 3 is 2.28 bits per heavy atom. The first-order valence-corrected chi connectivity index (χ1v) is 16.4. The average molecular weight is 674 g/mol. The fourth-order valence-corrected chi connectivity index (χ4v) is 7.19. The maximum absolute atomic E-state index is 14.5. The van der Waals surface area contributed by atoms with Crippen molar-refractivity contribution in [2.24, 2.45) is 5.92 Å². The van der Waals surface area contributed by atoms with Crippen LogP contribution in [0.4, 0.5) is 0 Å². The number of ketones is 1. The molecular formula is C36H34Cl2N4O5. The van der Waals surface area contributed by atoms with Crippen LogP contribution in [0.3, 0.4) is 0 Å². The number of hydroxylamine groups is 1. The van der Waals surface area contributed by atoms with Gasteiger partial charge in [-0.15, -0.1) is 0 Å². The number of pyridine rings is 2.